The summed E-state index contributed by atoms with van der Waals surface area (Å²) in [5.41, 5.74) is 0. The van der Waals surface area contributed by atoms with Gasteiger partial charge >= 0.3 is 0 Å². The Kier molecular flexibility index (Phi) is 4.47. The van der Waals surface area contributed by atoms with Crippen LogP contribution in [0.15, 0.2) is 0 Å². The summed E-state index contributed by atoms with van der Waals surface area (Å²) in [6.07, 6.45) is 0. The van der Waals surface area contributed by atoms with Crippen molar-refractivity contribution in [2.24, 2.45) is 0 Å². The number of piperazine rings is 1. The predicted molar refractivity (Wildman–Crippen MR) is 54.3 cm³/mol. The first-order valence-corrected chi connectivity index (χ1v) is 6.44. The maximum absolute atomic E-state index is 10.8. The highest BCUT2D eigenvalue weighted by Gasteiger charge is 2.23. The number of β-amino-alcohol motifs (C(OH)–C–C–N with tert-alkyl or cyclic N) is 1. The van der Waals surface area contributed by atoms with Crippen molar-refractivity contribution in [3.05, 3.63) is 0 Å². The molecule has 0 spiro atoms. The summed E-state index contributed by atoms with van der Waals surface area (Å²) in [6, 6.07) is 0. The van der Waals surface area contributed by atoms with Gasteiger partial charge in [0.05, 0.1) is 12.0 Å². The molecule has 6 nitrogen and oxygen atoms in total. The number of aliphatic hydroxyl groups excluding tert-OH is 1. The molecule has 0 aromatic heterocycles. The molecule has 1 aliphatic heterocycles. The van der Waals surface area contributed by atoms with E-state index in [-0.39, 0.29) is 6.61 Å². The van der Waals surface area contributed by atoms with Crippen LogP contribution in [0.4, 0.5) is 0 Å². The van der Waals surface area contributed by atoms with Gasteiger partial charge in [0.2, 0.25) is 0 Å². The van der Waals surface area contributed by atoms with Crippen molar-refractivity contribution in [2.45, 2.75) is 12.3 Å². The summed E-state index contributed by atoms with van der Waals surface area (Å²) in [4.78, 5) is 3.71. The van der Waals surface area contributed by atoms with Crippen molar-refractivity contribution < 1.29 is 18.1 Å². The van der Waals surface area contributed by atoms with Gasteiger partial charge < -0.3 is 9.66 Å². The second-order valence-electron chi connectivity index (χ2n) is 3.69. The second-order valence-corrected chi connectivity index (χ2v) is 5.36. The molecule has 0 aromatic carbocycles. The van der Waals surface area contributed by atoms with Crippen LogP contribution in [-0.4, -0.2) is 72.6 Å². The molecule has 1 N–H and O–H groups in total. The molecular weight excluding hydrogens is 220 g/mol. The third-order valence-electron chi connectivity index (χ3n) is 2.76. The topological polar surface area (TPSA) is 83.9 Å². The molecule has 0 saturated carbocycles. The van der Waals surface area contributed by atoms with E-state index >= 15 is 0 Å². The Morgan fingerprint density at radius 3 is 2.27 bits per heavy atom. The number of nitrogens with zero attached hydrogens (tertiary/aromatic N) is 2. The molecule has 15 heavy (non-hydrogen) atoms. The molecule has 90 valence electrons. The molecule has 1 aliphatic rings. The number of hydrogen-bond donors (Lipinski definition) is 1. The normalized spacial score (nSPS) is 22.9. The van der Waals surface area contributed by atoms with Crippen LogP contribution in [0.3, 0.4) is 0 Å². The van der Waals surface area contributed by atoms with E-state index in [1.54, 1.807) is 4.90 Å². The highest BCUT2D eigenvalue weighted by atomic mass is 32.2. The monoisotopic (exact) mass is 237 g/mol. The Bertz CT molecular complexity index is 285. The largest absolute Gasteiger partial charge is 0.747 e. The maximum atomic E-state index is 10.8. The summed E-state index contributed by atoms with van der Waals surface area (Å²) < 4.78 is 32.4. The molecule has 0 bridgehead atoms. The summed E-state index contributed by atoms with van der Waals surface area (Å²) in [5, 5.41) is 7.77. The van der Waals surface area contributed by atoms with Crippen molar-refractivity contribution in [1.82, 2.24) is 9.80 Å². The smallest absolute Gasteiger partial charge is 0.111 e. The van der Waals surface area contributed by atoms with E-state index in [0.29, 0.717) is 32.7 Å². The third kappa shape index (κ3) is 3.69. The van der Waals surface area contributed by atoms with Crippen LogP contribution in [0.5, 0.6) is 0 Å². The number of aliphatic hydroxyl groups is 1. The Balaban J connectivity index is 2.44. The lowest BCUT2D eigenvalue weighted by Gasteiger charge is -2.38. The van der Waals surface area contributed by atoms with Gasteiger partial charge in [-0.3, -0.25) is 9.80 Å². The number of rotatable bonds is 4. The van der Waals surface area contributed by atoms with Crippen molar-refractivity contribution in [3.8, 4) is 0 Å². The average molecular weight is 237 g/mol. The minimum atomic E-state index is -4.22. The molecule has 1 saturated heterocycles. The minimum absolute atomic E-state index is 0.107. The lowest BCUT2D eigenvalue weighted by Crippen LogP contribution is -2.52. The molecule has 7 heteroatoms. The Hall–Kier alpha value is -0.210. The van der Waals surface area contributed by atoms with Gasteiger partial charge in [-0.2, -0.15) is 0 Å². The standard InChI is InChI=1S/C8H18N2O4S/c1-8(15(12,13)14)10-4-2-9(3-5-10)6-7-11/h8,11H,2-7H2,1H3,(H,12,13,14)/p-1. The highest BCUT2D eigenvalue weighted by Crippen LogP contribution is 2.09. The van der Waals surface area contributed by atoms with Crippen LogP contribution in [0, 0.1) is 0 Å². The molecular formula is C8H17N2O4S-. The van der Waals surface area contributed by atoms with Crippen LogP contribution in [-0.2, 0) is 10.1 Å². The third-order valence-corrected chi connectivity index (χ3v) is 3.89. The first-order valence-electron chi connectivity index (χ1n) is 4.97. The van der Waals surface area contributed by atoms with Crippen molar-refractivity contribution in [1.29, 1.82) is 0 Å². The van der Waals surface area contributed by atoms with Gasteiger partial charge in [-0.25, -0.2) is 8.42 Å². The molecule has 0 aliphatic carbocycles. The van der Waals surface area contributed by atoms with Gasteiger partial charge in [0.25, 0.3) is 0 Å². The first kappa shape index (κ1) is 12.9. The van der Waals surface area contributed by atoms with Crippen molar-refractivity contribution in [2.75, 3.05) is 39.3 Å². The Morgan fingerprint density at radius 1 is 1.33 bits per heavy atom. The summed E-state index contributed by atoms with van der Waals surface area (Å²) in [5.74, 6) is 0. The molecule has 1 atom stereocenters. The van der Waals surface area contributed by atoms with E-state index in [0.717, 1.165) is 0 Å². The molecule has 0 aromatic rings. The van der Waals surface area contributed by atoms with Gasteiger partial charge in [-0.05, 0) is 6.92 Å². The summed E-state index contributed by atoms with van der Waals surface area (Å²) in [7, 11) is -4.22. The molecule has 0 radical (unpaired) electrons. The molecule has 1 rings (SSSR count). The van der Waals surface area contributed by atoms with Gasteiger partial charge in [-0.1, -0.05) is 0 Å². The van der Waals surface area contributed by atoms with E-state index in [4.69, 9.17) is 5.11 Å². The zero-order chi connectivity index (χ0) is 11.5. The van der Waals surface area contributed by atoms with E-state index in [1.807, 2.05) is 4.90 Å². The van der Waals surface area contributed by atoms with E-state index in [9.17, 15) is 13.0 Å². The van der Waals surface area contributed by atoms with E-state index in [1.165, 1.54) is 6.92 Å². The van der Waals surface area contributed by atoms with E-state index < -0.39 is 15.5 Å². The van der Waals surface area contributed by atoms with Crippen molar-refractivity contribution in [3.63, 3.8) is 0 Å². The lowest BCUT2D eigenvalue weighted by atomic mass is 10.3. The van der Waals surface area contributed by atoms with Crippen LogP contribution in [0.25, 0.3) is 0 Å². The summed E-state index contributed by atoms with van der Waals surface area (Å²) in [6.45, 7) is 4.64. The van der Waals surface area contributed by atoms with Gasteiger partial charge in [0, 0.05) is 32.7 Å². The fourth-order valence-corrected chi connectivity index (χ4v) is 2.25. The van der Waals surface area contributed by atoms with Crippen LogP contribution >= 0.6 is 0 Å². The van der Waals surface area contributed by atoms with Crippen LogP contribution in [0.1, 0.15) is 6.92 Å². The lowest BCUT2D eigenvalue weighted by molar-refractivity contribution is 0.105. The minimum Gasteiger partial charge on any atom is -0.747 e. The van der Waals surface area contributed by atoms with E-state index in [2.05, 4.69) is 0 Å². The van der Waals surface area contributed by atoms with Crippen molar-refractivity contribution >= 4 is 10.1 Å². The first-order chi connectivity index (χ1) is 6.95. The fourth-order valence-electron chi connectivity index (χ4n) is 1.67. The quantitative estimate of drug-likeness (QED) is 0.598. The fraction of sp³-hybridized carbons (Fsp3) is 1.00. The average Bonchev–Trinajstić information content (AvgIpc) is 2.17. The zero-order valence-corrected chi connectivity index (χ0v) is 9.61. The Morgan fingerprint density at radius 2 is 1.87 bits per heavy atom. The molecule has 1 fully saturated rings. The molecule has 0 amide bonds. The Labute approximate surface area is 90.2 Å². The molecule has 1 unspecified atom stereocenters. The SMILES string of the molecule is CC(N1CCN(CCO)CC1)S(=O)(=O)[O-]. The van der Waals surface area contributed by atoms with Crippen LogP contribution < -0.4 is 0 Å². The highest BCUT2D eigenvalue weighted by molar-refractivity contribution is 7.86. The second kappa shape index (κ2) is 5.22. The molecule has 1 heterocycles. The zero-order valence-electron chi connectivity index (χ0n) is 8.79. The van der Waals surface area contributed by atoms with Gasteiger partial charge in [0.1, 0.15) is 10.1 Å². The van der Waals surface area contributed by atoms with Gasteiger partial charge in [-0.15, -0.1) is 0 Å². The maximum Gasteiger partial charge on any atom is 0.111 e. The van der Waals surface area contributed by atoms with Gasteiger partial charge in [0.15, 0.2) is 0 Å². The summed E-state index contributed by atoms with van der Waals surface area (Å²) >= 11 is 0. The van der Waals surface area contributed by atoms with Crippen LogP contribution in [0.2, 0.25) is 0 Å². The predicted octanol–water partition coefficient (Wildman–Crippen LogP) is -1.51. The number of hydrogen-bond acceptors (Lipinski definition) is 6.